The highest BCUT2D eigenvalue weighted by molar-refractivity contribution is 6.31. The van der Waals surface area contributed by atoms with Crippen molar-refractivity contribution < 1.29 is 19.1 Å². The minimum Gasteiger partial charge on any atom is -0.392 e. The van der Waals surface area contributed by atoms with Crippen molar-refractivity contribution >= 4 is 29.3 Å². The number of carbonyl (C=O) groups excluding carboxylic acids is 3. The number of ether oxygens (including phenoxy) is 1. The lowest BCUT2D eigenvalue weighted by atomic mass is 10.1. The van der Waals surface area contributed by atoms with E-state index in [4.69, 9.17) is 16.3 Å². The van der Waals surface area contributed by atoms with Crippen molar-refractivity contribution in [3.05, 3.63) is 34.9 Å². The number of Topliss-reactive ketones (excluding diaryl/α,β-unsaturated/α-hetero) is 1. The molecule has 1 fully saturated rings. The molecule has 112 valence electrons. The lowest BCUT2D eigenvalue weighted by Gasteiger charge is -2.08. The molecule has 21 heavy (non-hydrogen) atoms. The summed E-state index contributed by atoms with van der Waals surface area (Å²) in [4.78, 5) is 35.1. The fourth-order valence-corrected chi connectivity index (χ4v) is 2.33. The smallest absolute Gasteiger partial charge is 0.330 e. The molecule has 0 radical (unpaired) electrons. The number of hydrogen-bond donors (Lipinski definition) is 1. The van der Waals surface area contributed by atoms with E-state index >= 15 is 0 Å². The first-order chi connectivity index (χ1) is 10.1. The molecule has 1 saturated heterocycles. The standard InChI is InChI=1S/C15H16ClNO4/c16-11-4-1-3-10(9-11)13(18)6-7-14(19)21-15(20)12-5-2-8-17-12/h1,3-4,9,12,17H,2,5-8H2/t12-/m0/s1. The summed E-state index contributed by atoms with van der Waals surface area (Å²) in [7, 11) is 0. The predicted molar refractivity (Wildman–Crippen MR) is 77.1 cm³/mol. The van der Waals surface area contributed by atoms with Gasteiger partial charge in [0.15, 0.2) is 5.78 Å². The molecule has 1 atom stereocenters. The molecule has 0 saturated carbocycles. The summed E-state index contributed by atoms with van der Waals surface area (Å²) in [6.07, 6.45) is 1.43. The van der Waals surface area contributed by atoms with E-state index in [0.29, 0.717) is 17.0 Å². The van der Waals surface area contributed by atoms with Gasteiger partial charge in [0.1, 0.15) is 6.04 Å². The van der Waals surface area contributed by atoms with Crippen LogP contribution in [0.3, 0.4) is 0 Å². The van der Waals surface area contributed by atoms with Crippen molar-refractivity contribution in [2.24, 2.45) is 0 Å². The largest absolute Gasteiger partial charge is 0.392 e. The zero-order chi connectivity index (χ0) is 15.2. The minimum absolute atomic E-state index is 0.00937. The molecule has 1 heterocycles. The van der Waals surface area contributed by atoms with Crippen LogP contribution < -0.4 is 5.32 Å². The molecule has 1 aromatic rings. The lowest BCUT2D eigenvalue weighted by molar-refractivity contribution is -0.160. The summed E-state index contributed by atoms with van der Waals surface area (Å²) >= 11 is 5.80. The monoisotopic (exact) mass is 309 g/mol. The van der Waals surface area contributed by atoms with Gasteiger partial charge in [-0.15, -0.1) is 0 Å². The van der Waals surface area contributed by atoms with Crippen LogP contribution in [-0.4, -0.2) is 30.3 Å². The van der Waals surface area contributed by atoms with E-state index in [1.54, 1.807) is 24.3 Å². The summed E-state index contributed by atoms with van der Waals surface area (Å²) in [5, 5.41) is 3.41. The first-order valence-electron chi connectivity index (χ1n) is 6.83. The Kier molecular flexibility index (Phi) is 5.47. The summed E-state index contributed by atoms with van der Waals surface area (Å²) in [5.41, 5.74) is 0.444. The van der Waals surface area contributed by atoms with Gasteiger partial charge in [-0.3, -0.25) is 9.59 Å². The van der Waals surface area contributed by atoms with Crippen LogP contribution in [0.15, 0.2) is 24.3 Å². The molecule has 0 aliphatic carbocycles. The number of carbonyl (C=O) groups is 3. The van der Waals surface area contributed by atoms with E-state index in [0.717, 1.165) is 13.0 Å². The number of rotatable bonds is 5. The number of hydrogen-bond acceptors (Lipinski definition) is 5. The summed E-state index contributed by atoms with van der Waals surface area (Å²) in [6, 6.07) is 6.11. The number of benzene rings is 1. The molecule has 0 bridgehead atoms. The van der Waals surface area contributed by atoms with Crippen LogP contribution >= 0.6 is 11.6 Å². The molecule has 1 aromatic carbocycles. The third-order valence-electron chi connectivity index (χ3n) is 3.26. The Balaban J connectivity index is 1.78. The van der Waals surface area contributed by atoms with Crippen molar-refractivity contribution in [2.75, 3.05) is 6.54 Å². The van der Waals surface area contributed by atoms with E-state index in [1.165, 1.54) is 0 Å². The zero-order valence-corrected chi connectivity index (χ0v) is 12.2. The Morgan fingerprint density at radius 1 is 1.29 bits per heavy atom. The molecule has 1 aliphatic rings. The fraction of sp³-hybridized carbons (Fsp3) is 0.400. The zero-order valence-electron chi connectivity index (χ0n) is 11.4. The highest BCUT2D eigenvalue weighted by Crippen LogP contribution is 2.13. The van der Waals surface area contributed by atoms with Gasteiger partial charge in [-0.2, -0.15) is 0 Å². The van der Waals surface area contributed by atoms with Gasteiger partial charge in [0.05, 0.1) is 6.42 Å². The maximum absolute atomic E-state index is 11.9. The van der Waals surface area contributed by atoms with Crippen molar-refractivity contribution in [1.29, 1.82) is 0 Å². The average Bonchev–Trinajstić information content (AvgIpc) is 2.99. The van der Waals surface area contributed by atoms with E-state index in [2.05, 4.69) is 5.32 Å². The second-order valence-electron chi connectivity index (χ2n) is 4.88. The maximum atomic E-state index is 11.9. The molecule has 0 unspecified atom stereocenters. The van der Waals surface area contributed by atoms with Crippen LogP contribution in [0.2, 0.25) is 5.02 Å². The molecule has 2 rings (SSSR count). The molecule has 6 heteroatoms. The van der Waals surface area contributed by atoms with Crippen molar-refractivity contribution in [3.8, 4) is 0 Å². The van der Waals surface area contributed by atoms with Crippen LogP contribution in [0.25, 0.3) is 0 Å². The van der Waals surface area contributed by atoms with Crippen LogP contribution in [0.4, 0.5) is 0 Å². The molecule has 0 amide bonds. The highest BCUT2D eigenvalue weighted by atomic mass is 35.5. The molecule has 0 aromatic heterocycles. The van der Waals surface area contributed by atoms with Gasteiger partial charge in [0, 0.05) is 17.0 Å². The number of esters is 2. The minimum atomic E-state index is -0.677. The molecule has 5 nitrogen and oxygen atoms in total. The molecule has 1 aliphatic heterocycles. The second-order valence-corrected chi connectivity index (χ2v) is 5.31. The SMILES string of the molecule is O=C(CCC(=O)c1cccc(Cl)c1)OC(=O)[C@@H]1CCCN1. The second kappa shape index (κ2) is 7.33. The van der Waals surface area contributed by atoms with E-state index in [1.807, 2.05) is 0 Å². The Morgan fingerprint density at radius 3 is 2.76 bits per heavy atom. The fourth-order valence-electron chi connectivity index (χ4n) is 2.14. The molecular formula is C15H16ClNO4. The van der Waals surface area contributed by atoms with E-state index in [-0.39, 0.29) is 18.6 Å². The molecular weight excluding hydrogens is 294 g/mol. The van der Waals surface area contributed by atoms with Crippen molar-refractivity contribution in [2.45, 2.75) is 31.7 Å². The van der Waals surface area contributed by atoms with Gasteiger partial charge in [0.2, 0.25) is 0 Å². The Morgan fingerprint density at radius 2 is 2.10 bits per heavy atom. The third-order valence-corrected chi connectivity index (χ3v) is 3.50. The number of nitrogens with one attached hydrogen (secondary N) is 1. The first kappa shape index (κ1) is 15.7. The normalized spacial score (nSPS) is 17.5. The van der Waals surface area contributed by atoms with E-state index < -0.39 is 18.0 Å². The Hall–Kier alpha value is -1.72. The van der Waals surface area contributed by atoms with Gasteiger partial charge < -0.3 is 10.1 Å². The topological polar surface area (TPSA) is 72.5 Å². The maximum Gasteiger partial charge on any atom is 0.330 e. The Bertz CT molecular complexity index is 552. The van der Waals surface area contributed by atoms with Gasteiger partial charge in [-0.05, 0) is 31.5 Å². The summed E-state index contributed by atoms with van der Waals surface area (Å²) in [5.74, 6) is -1.45. The quantitative estimate of drug-likeness (QED) is 0.512. The van der Waals surface area contributed by atoms with Crippen LogP contribution in [0, 0.1) is 0 Å². The van der Waals surface area contributed by atoms with Gasteiger partial charge in [-0.1, -0.05) is 23.7 Å². The average molecular weight is 310 g/mol. The van der Waals surface area contributed by atoms with Gasteiger partial charge in [-0.25, -0.2) is 4.79 Å². The predicted octanol–water partition coefficient (Wildman–Crippen LogP) is 2.12. The highest BCUT2D eigenvalue weighted by Gasteiger charge is 2.25. The third kappa shape index (κ3) is 4.65. The van der Waals surface area contributed by atoms with Gasteiger partial charge in [0.25, 0.3) is 0 Å². The number of halogens is 1. The lowest BCUT2D eigenvalue weighted by Crippen LogP contribution is -2.33. The molecule has 0 spiro atoms. The van der Waals surface area contributed by atoms with Crippen LogP contribution in [0.5, 0.6) is 0 Å². The Labute approximate surface area is 127 Å². The molecule has 1 N–H and O–H groups in total. The van der Waals surface area contributed by atoms with Crippen LogP contribution in [-0.2, 0) is 14.3 Å². The number of ketones is 1. The first-order valence-corrected chi connectivity index (χ1v) is 7.21. The van der Waals surface area contributed by atoms with Gasteiger partial charge >= 0.3 is 11.9 Å². The van der Waals surface area contributed by atoms with Crippen LogP contribution in [0.1, 0.15) is 36.0 Å². The van der Waals surface area contributed by atoms with Crippen molar-refractivity contribution in [3.63, 3.8) is 0 Å². The van der Waals surface area contributed by atoms with E-state index in [9.17, 15) is 14.4 Å². The summed E-state index contributed by atoms with van der Waals surface area (Å²) < 4.78 is 4.73. The summed E-state index contributed by atoms with van der Waals surface area (Å²) in [6.45, 7) is 0.751. The van der Waals surface area contributed by atoms with Crippen molar-refractivity contribution in [1.82, 2.24) is 5.32 Å².